The Morgan fingerprint density at radius 1 is 1.12 bits per heavy atom. The molecular weight excluding hydrogens is 426 g/mol. The van der Waals surface area contributed by atoms with Crippen molar-refractivity contribution in [2.24, 2.45) is 0 Å². The van der Waals surface area contributed by atoms with Crippen LogP contribution in [0.3, 0.4) is 0 Å². The molecule has 3 aromatic rings. The Bertz CT molecular complexity index is 1130. The number of pyridine rings is 1. The molecule has 0 bridgehead atoms. The van der Waals surface area contributed by atoms with Gasteiger partial charge in [0, 0.05) is 18.1 Å². The van der Waals surface area contributed by atoms with E-state index in [1.807, 2.05) is 19.1 Å². The van der Waals surface area contributed by atoms with Crippen LogP contribution in [-0.4, -0.2) is 45.0 Å². The van der Waals surface area contributed by atoms with Gasteiger partial charge >= 0.3 is 0 Å². The normalized spacial score (nSPS) is 16.9. The van der Waals surface area contributed by atoms with Crippen molar-refractivity contribution in [2.45, 2.75) is 44.6 Å². The van der Waals surface area contributed by atoms with Gasteiger partial charge in [-0.1, -0.05) is 11.6 Å². The Labute approximate surface area is 192 Å². The third kappa shape index (κ3) is 4.23. The molecule has 0 atom stereocenters. The van der Waals surface area contributed by atoms with Gasteiger partial charge in [-0.3, -0.25) is 4.79 Å². The first-order valence-corrected chi connectivity index (χ1v) is 11.4. The number of amides is 1. The number of carbonyl (C=O) groups is 1. The molecule has 0 unspecified atom stereocenters. The molecule has 2 aromatic heterocycles. The second-order valence-electron chi connectivity index (χ2n) is 8.62. The number of anilines is 2. The fraction of sp³-hybridized carbons (Fsp3) is 0.375. The van der Waals surface area contributed by atoms with Gasteiger partial charge in [-0.2, -0.15) is 5.10 Å². The van der Waals surface area contributed by atoms with E-state index in [2.05, 4.69) is 21.4 Å². The minimum atomic E-state index is -0.216. The number of rotatable bonds is 5. The van der Waals surface area contributed by atoms with E-state index in [0.717, 1.165) is 56.0 Å². The average Bonchev–Trinajstić information content (AvgIpc) is 3.57. The maximum Gasteiger partial charge on any atom is 0.259 e. The molecule has 2 fully saturated rings. The van der Waals surface area contributed by atoms with Crippen molar-refractivity contribution in [2.75, 3.05) is 23.3 Å². The Kier molecular flexibility index (Phi) is 5.61. The summed E-state index contributed by atoms with van der Waals surface area (Å²) >= 11 is 5.98. The number of carbonyl (C=O) groups excluding carboxylic acids is 1. The summed E-state index contributed by atoms with van der Waals surface area (Å²) in [6, 6.07) is 9.39. The topological polar surface area (TPSA) is 83.3 Å². The molecule has 0 spiro atoms. The van der Waals surface area contributed by atoms with Gasteiger partial charge < -0.3 is 15.3 Å². The Morgan fingerprint density at radius 3 is 2.53 bits per heavy atom. The van der Waals surface area contributed by atoms with Crippen molar-refractivity contribution in [3.05, 3.63) is 64.6 Å². The van der Waals surface area contributed by atoms with Crippen molar-refractivity contribution >= 4 is 29.0 Å². The summed E-state index contributed by atoms with van der Waals surface area (Å²) < 4.78 is 1.73. The zero-order valence-electron chi connectivity index (χ0n) is 18.0. The number of halogens is 1. The van der Waals surface area contributed by atoms with E-state index in [-0.39, 0.29) is 12.0 Å². The van der Waals surface area contributed by atoms with Crippen LogP contribution in [0.1, 0.15) is 53.2 Å². The van der Waals surface area contributed by atoms with Crippen LogP contribution in [-0.2, 0) is 0 Å². The largest absolute Gasteiger partial charge is 0.393 e. The van der Waals surface area contributed by atoms with Crippen LogP contribution in [0.4, 0.5) is 11.5 Å². The van der Waals surface area contributed by atoms with E-state index in [1.54, 1.807) is 29.2 Å². The minimum absolute atomic E-state index is 0.208. The monoisotopic (exact) mass is 451 g/mol. The second kappa shape index (κ2) is 8.56. The lowest BCUT2D eigenvalue weighted by Crippen LogP contribution is -2.36. The van der Waals surface area contributed by atoms with Gasteiger partial charge in [0.05, 0.1) is 41.1 Å². The molecule has 1 saturated heterocycles. The Morgan fingerprint density at radius 2 is 1.84 bits per heavy atom. The molecule has 3 heterocycles. The van der Waals surface area contributed by atoms with Crippen LogP contribution < -0.4 is 10.2 Å². The first-order valence-electron chi connectivity index (χ1n) is 11.0. The molecule has 1 aliphatic heterocycles. The maximum atomic E-state index is 13.0. The standard InChI is InChI=1S/C24H26ClN5O2/c1-15-22(14-27-30(15)19-6-4-17(25)5-7-19)24(32)28-18-12-21(16-2-3-16)23(26-13-18)29-10-8-20(31)9-11-29/h4-7,12-14,16,20,31H,2-3,8-11H2,1H3,(H,28,32). The fourth-order valence-corrected chi connectivity index (χ4v) is 4.38. The fourth-order valence-electron chi connectivity index (χ4n) is 4.25. The number of benzene rings is 1. The van der Waals surface area contributed by atoms with Crippen LogP contribution >= 0.6 is 11.6 Å². The number of nitrogens with zero attached hydrogens (tertiary/aromatic N) is 4. The summed E-state index contributed by atoms with van der Waals surface area (Å²) in [5, 5.41) is 17.9. The van der Waals surface area contributed by atoms with E-state index in [4.69, 9.17) is 16.6 Å². The molecule has 2 aliphatic rings. The van der Waals surface area contributed by atoms with Crippen molar-refractivity contribution in [3.8, 4) is 5.69 Å². The van der Waals surface area contributed by atoms with E-state index in [0.29, 0.717) is 22.2 Å². The van der Waals surface area contributed by atoms with Gasteiger partial charge in [0.25, 0.3) is 5.91 Å². The lowest BCUT2D eigenvalue weighted by molar-refractivity contribution is 0.102. The molecule has 7 nitrogen and oxygen atoms in total. The average molecular weight is 452 g/mol. The molecule has 1 amide bonds. The highest BCUT2D eigenvalue weighted by Gasteiger charge is 2.30. The van der Waals surface area contributed by atoms with Crippen molar-refractivity contribution in [3.63, 3.8) is 0 Å². The number of hydrogen-bond acceptors (Lipinski definition) is 5. The summed E-state index contributed by atoms with van der Waals surface area (Å²) in [6.45, 7) is 3.49. The first-order chi connectivity index (χ1) is 15.5. The van der Waals surface area contributed by atoms with E-state index in [1.165, 1.54) is 5.56 Å². The van der Waals surface area contributed by atoms with Gasteiger partial charge in [-0.15, -0.1) is 0 Å². The molecule has 2 N–H and O–H groups in total. The number of nitrogens with one attached hydrogen (secondary N) is 1. The summed E-state index contributed by atoms with van der Waals surface area (Å²) in [7, 11) is 0. The molecule has 1 saturated carbocycles. The van der Waals surface area contributed by atoms with Crippen LogP contribution in [0.25, 0.3) is 5.69 Å². The first kappa shape index (κ1) is 21.0. The minimum Gasteiger partial charge on any atom is -0.393 e. The van der Waals surface area contributed by atoms with Crippen molar-refractivity contribution in [1.29, 1.82) is 0 Å². The van der Waals surface area contributed by atoms with Gasteiger partial charge in [-0.25, -0.2) is 9.67 Å². The lowest BCUT2D eigenvalue weighted by Gasteiger charge is -2.32. The molecule has 1 aliphatic carbocycles. The number of piperidine rings is 1. The van der Waals surface area contributed by atoms with E-state index < -0.39 is 0 Å². The number of aromatic nitrogens is 3. The van der Waals surface area contributed by atoms with Gasteiger partial charge in [0.2, 0.25) is 0 Å². The summed E-state index contributed by atoms with van der Waals surface area (Å²) in [5.74, 6) is 1.28. The smallest absolute Gasteiger partial charge is 0.259 e. The third-order valence-electron chi connectivity index (χ3n) is 6.26. The molecule has 1 aromatic carbocycles. The predicted molar refractivity (Wildman–Crippen MR) is 125 cm³/mol. The van der Waals surface area contributed by atoms with Crippen molar-refractivity contribution < 1.29 is 9.90 Å². The number of hydrogen-bond donors (Lipinski definition) is 2. The number of aliphatic hydroxyl groups excluding tert-OH is 1. The van der Waals surface area contributed by atoms with Crippen LogP contribution in [0.5, 0.6) is 0 Å². The third-order valence-corrected chi connectivity index (χ3v) is 6.51. The molecule has 5 rings (SSSR count). The quantitative estimate of drug-likeness (QED) is 0.603. The molecular formula is C24H26ClN5O2. The summed E-state index contributed by atoms with van der Waals surface area (Å²) in [5.41, 5.74) is 3.99. The Hall–Kier alpha value is -2.90. The van der Waals surface area contributed by atoms with Crippen LogP contribution in [0.15, 0.2) is 42.7 Å². The molecule has 32 heavy (non-hydrogen) atoms. The van der Waals surface area contributed by atoms with E-state index >= 15 is 0 Å². The van der Waals surface area contributed by atoms with E-state index in [9.17, 15) is 9.90 Å². The van der Waals surface area contributed by atoms with Gasteiger partial charge in [0.1, 0.15) is 5.82 Å². The lowest BCUT2D eigenvalue weighted by atomic mass is 10.1. The zero-order chi connectivity index (χ0) is 22.2. The highest BCUT2D eigenvalue weighted by atomic mass is 35.5. The number of aliphatic hydroxyl groups is 1. The summed E-state index contributed by atoms with van der Waals surface area (Å²) in [4.78, 5) is 20.0. The van der Waals surface area contributed by atoms with Crippen LogP contribution in [0, 0.1) is 6.92 Å². The van der Waals surface area contributed by atoms with Crippen LogP contribution in [0.2, 0.25) is 5.02 Å². The molecule has 0 radical (unpaired) electrons. The summed E-state index contributed by atoms with van der Waals surface area (Å²) in [6.07, 6.45) is 6.92. The highest BCUT2D eigenvalue weighted by Crippen LogP contribution is 2.45. The van der Waals surface area contributed by atoms with Gasteiger partial charge in [0.15, 0.2) is 0 Å². The SMILES string of the molecule is Cc1c(C(=O)Nc2cnc(N3CCC(O)CC3)c(C3CC3)c2)cnn1-c1ccc(Cl)cc1. The Balaban J connectivity index is 1.36. The molecule has 166 valence electrons. The predicted octanol–water partition coefficient (Wildman–Crippen LogP) is 4.32. The van der Waals surface area contributed by atoms with Gasteiger partial charge in [-0.05, 0) is 74.4 Å². The highest BCUT2D eigenvalue weighted by molar-refractivity contribution is 6.30. The second-order valence-corrected chi connectivity index (χ2v) is 9.05. The zero-order valence-corrected chi connectivity index (χ0v) is 18.7. The molecule has 8 heteroatoms. The van der Waals surface area contributed by atoms with Crippen molar-refractivity contribution in [1.82, 2.24) is 14.8 Å². The maximum absolute atomic E-state index is 13.0.